The van der Waals surface area contributed by atoms with E-state index in [2.05, 4.69) is 0 Å². The summed E-state index contributed by atoms with van der Waals surface area (Å²) in [5.41, 5.74) is -0.345. The number of aromatic hydroxyl groups is 1. The van der Waals surface area contributed by atoms with Gasteiger partial charge in [-0.1, -0.05) is 6.07 Å². The maximum Gasteiger partial charge on any atom is 0.310 e. The Morgan fingerprint density at radius 1 is 1.48 bits per heavy atom. The molecule has 2 rings (SSSR count). The predicted octanol–water partition coefficient (Wildman–Crippen LogP) is 1.95. The number of benzene rings is 1. The normalized spacial score (nSPS) is 18.4. The molecule has 21 heavy (non-hydrogen) atoms. The largest absolute Gasteiger partial charge is 0.507 e. The van der Waals surface area contributed by atoms with E-state index in [9.17, 15) is 19.1 Å². The first-order chi connectivity index (χ1) is 10.0. The van der Waals surface area contributed by atoms with E-state index >= 15 is 0 Å². The molecule has 0 bridgehead atoms. The lowest BCUT2D eigenvalue weighted by Gasteiger charge is -2.31. The molecular weight excluding hydrogens is 277 g/mol. The zero-order valence-electron chi connectivity index (χ0n) is 11.8. The van der Waals surface area contributed by atoms with Crippen molar-refractivity contribution < 1.29 is 23.8 Å². The van der Waals surface area contributed by atoms with Crippen LogP contribution in [0.25, 0.3) is 0 Å². The summed E-state index contributed by atoms with van der Waals surface area (Å²) in [6, 6.07) is 3.72. The van der Waals surface area contributed by atoms with Crippen LogP contribution in [0, 0.1) is 11.7 Å². The van der Waals surface area contributed by atoms with Gasteiger partial charge in [-0.25, -0.2) is 4.39 Å². The Morgan fingerprint density at radius 2 is 2.24 bits per heavy atom. The molecule has 114 valence electrons. The van der Waals surface area contributed by atoms with E-state index in [1.165, 1.54) is 17.0 Å². The molecule has 1 heterocycles. The Bertz CT molecular complexity index is 526. The first-order valence-corrected chi connectivity index (χ1v) is 6.98. The van der Waals surface area contributed by atoms with Crippen molar-refractivity contribution in [1.82, 2.24) is 4.90 Å². The Labute approximate surface area is 122 Å². The molecule has 6 heteroatoms. The van der Waals surface area contributed by atoms with E-state index in [1.54, 1.807) is 6.92 Å². The Kier molecular flexibility index (Phi) is 4.77. The summed E-state index contributed by atoms with van der Waals surface area (Å²) < 4.78 is 18.7. The molecule has 5 nitrogen and oxygen atoms in total. The number of carbonyl (C=O) groups is 2. The molecule has 0 spiro atoms. The molecule has 0 aromatic heterocycles. The number of phenols is 1. The number of rotatable bonds is 3. The van der Waals surface area contributed by atoms with E-state index in [4.69, 9.17) is 4.74 Å². The van der Waals surface area contributed by atoms with E-state index in [0.29, 0.717) is 19.4 Å². The zero-order valence-corrected chi connectivity index (χ0v) is 11.8. The van der Waals surface area contributed by atoms with Gasteiger partial charge in [-0.3, -0.25) is 9.59 Å². The van der Waals surface area contributed by atoms with Gasteiger partial charge in [0.25, 0.3) is 5.91 Å². The number of halogens is 1. The summed E-state index contributed by atoms with van der Waals surface area (Å²) in [5, 5.41) is 9.67. The number of phenolic OH excluding ortho intramolecular Hbond substituents is 1. The van der Waals surface area contributed by atoms with Crippen molar-refractivity contribution in [2.24, 2.45) is 5.92 Å². The molecule has 1 fully saturated rings. The molecule has 1 aromatic carbocycles. The second-order valence-electron chi connectivity index (χ2n) is 4.98. The summed E-state index contributed by atoms with van der Waals surface area (Å²) >= 11 is 0. The molecule has 1 N–H and O–H groups in total. The van der Waals surface area contributed by atoms with Gasteiger partial charge in [0.2, 0.25) is 0 Å². The molecule has 0 unspecified atom stereocenters. The van der Waals surface area contributed by atoms with Crippen LogP contribution in [-0.4, -0.2) is 41.6 Å². The first kappa shape index (κ1) is 15.3. The van der Waals surface area contributed by atoms with Gasteiger partial charge in [-0.2, -0.15) is 0 Å². The van der Waals surface area contributed by atoms with Crippen molar-refractivity contribution in [1.29, 1.82) is 0 Å². The quantitative estimate of drug-likeness (QED) is 0.865. The fraction of sp³-hybridized carbons (Fsp3) is 0.467. The Balaban J connectivity index is 2.14. The molecule has 1 aromatic rings. The minimum absolute atomic E-state index is 0.186. The standard InChI is InChI=1S/C15H18FNO4/c1-2-21-15(20)10-5-4-8-17(9-10)14(19)13-11(16)6-3-7-12(13)18/h3,6-7,10,18H,2,4-5,8-9H2,1H3/t10-/m1/s1. The van der Waals surface area contributed by atoms with Crippen molar-refractivity contribution in [2.75, 3.05) is 19.7 Å². The molecular formula is C15H18FNO4. The minimum atomic E-state index is -0.766. The molecule has 1 aliphatic rings. The second-order valence-corrected chi connectivity index (χ2v) is 4.98. The average molecular weight is 295 g/mol. The number of carbonyl (C=O) groups excluding carboxylic acids is 2. The van der Waals surface area contributed by atoms with Crippen LogP contribution >= 0.6 is 0 Å². The lowest BCUT2D eigenvalue weighted by molar-refractivity contribution is -0.149. The highest BCUT2D eigenvalue weighted by Crippen LogP contribution is 2.25. The van der Waals surface area contributed by atoms with E-state index in [1.807, 2.05) is 0 Å². The number of nitrogens with zero attached hydrogens (tertiary/aromatic N) is 1. The molecule has 1 saturated heterocycles. The molecule has 0 aliphatic carbocycles. The minimum Gasteiger partial charge on any atom is -0.507 e. The predicted molar refractivity (Wildman–Crippen MR) is 73.3 cm³/mol. The third-order valence-corrected chi connectivity index (χ3v) is 3.53. The van der Waals surface area contributed by atoms with Crippen LogP contribution < -0.4 is 0 Å². The van der Waals surface area contributed by atoms with Crippen LogP contribution in [0.15, 0.2) is 18.2 Å². The lowest BCUT2D eigenvalue weighted by atomic mass is 9.97. The summed E-state index contributed by atoms with van der Waals surface area (Å²) in [4.78, 5) is 25.5. The monoisotopic (exact) mass is 295 g/mol. The maximum absolute atomic E-state index is 13.7. The maximum atomic E-state index is 13.7. The molecule has 1 atom stereocenters. The lowest BCUT2D eigenvalue weighted by Crippen LogP contribution is -2.43. The van der Waals surface area contributed by atoms with Gasteiger partial charge in [0.1, 0.15) is 17.1 Å². The second kappa shape index (κ2) is 6.56. The smallest absolute Gasteiger partial charge is 0.310 e. The summed E-state index contributed by atoms with van der Waals surface area (Å²) in [6.07, 6.45) is 1.29. The van der Waals surface area contributed by atoms with Gasteiger partial charge in [-0.15, -0.1) is 0 Å². The van der Waals surface area contributed by atoms with Crippen LogP contribution in [0.3, 0.4) is 0 Å². The molecule has 0 saturated carbocycles. The Hall–Kier alpha value is -2.11. The number of hydrogen-bond acceptors (Lipinski definition) is 4. The van der Waals surface area contributed by atoms with Gasteiger partial charge < -0.3 is 14.7 Å². The van der Waals surface area contributed by atoms with Gasteiger partial charge in [0.05, 0.1) is 12.5 Å². The highest BCUT2D eigenvalue weighted by Gasteiger charge is 2.31. The number of likely N-dealkylation sites (tertiary alicyclic amines) is 1. The van der Waals surface area contributed by atoms with Crippen molar-refractivity contribution in [3.63, 3.8) is 0 Å². The van der Waals surface area contributed by atoms with E-state index in [-0.39, 0.29) is 24.7 Å². The highest BCUT2D eigenvalue weighted by molar-refractivity contribution is 5.97. The van der Waals surface area contributed by atoms with Crippen molar-refractivity contribution >= 4 is 11.9 Å². The SMILES string of the molecule is CCOC(=O)[C@@H]1CCCN(C(=O)c2c(O)cccc2F)C1. The number of ether oxygens (including phenoxy) is 1. The average Bonchev–Trinajstić information content (AvgIpc) is 2.47. The molecule has 1 aliphatic heterocycles. The zero-order chi connectivity index (χ0) is 15.4. The van der Waals surface area contributed by atoms with Crippen molar-refractivity contribution in [3.8, 4) is 5.75 Å². The number of hydrogen-bond donors (Lipinski definition) is 1. The van der Waals surface area contributed by atoms with Gasteiger partial charge in [0, 0.05) is 13.1 Å². The fourth-order valence-electron chi connectivity index (χ4n) is 2.50. The third-order valence-electron chi connectivity index (χ3n) is 3.53. The number of esters is 1. The summed E-state index contributed by atoms with van der Waals surface area (Å²) in [5.74, 6) is -2.49. The fourth-order valence-corrected chi connectivity index (χ4v) is 2.50. The van der Waals surface area contributed by atoms with Gasteiger partial charge in [0.15, 0.2) is 0 Å². The highest BCUT2D eigenvalue weighted by atomic mass is 19.1. The number of amides is 1. The molecule has 1 amide bonds. The summed E-state index contributed by atoms with van der Waals surface area (Å²) in [7, 11) is 0. The van der Waals surface area contributed by atoms with Gasteiger partial charge >= 0.3 is 5.97 Å². The van der Waals surface area contributed by atoms with Crippen LogP contribution in [-0.2, 0) is 9.53 Å². The van der Waals surface area contributed by atoms with E-state index < -0.39 is 23.4 Å². The topological polar surface area (TPSA) is 66.8 Å². The van der Waals surface area contributed by atoms with Crippen LogP contribution in [0.5, 0.6) is 5.75 Å². The third kappa shape index (κ3) is 3.32. The van der Waals surface area contributed by atoms with E-state index in [0.717, 1.165) is 6.07 Å². The van der Waals surface area contributed by atoms with Crippen molar-refractivity contribution in [3.05, 3.63) is 29.6 Å². The number of piperidine rings is 1. The van der Waals surface area contributed by atoms with Crippen LogP contribution in [0.4, 0.5) is 4.39 Å². The van der Waals surface area contributed by atoms with Crippen molar-refractivity contribution in [2.45, 2.75) is 19.8 Å². The molecule has 0 radical (unpaired) electrons. The van der Waals surface area contributed by atoms with Crippen LogP contribution in [0.1, 0.15) is 30.1 Å². The van der Waals surface area contributed by atoms with Crippen LogP contribution in [0.2, 0.25) is 0 Å². The summed E-state index contributed by atoms with van der Waals surface area (Å²) in [6.45, 7) is 2.63. The first-order valence-electron chi connectivity index (χ1n) is 6.98. The van der Waals surface area contributed by atoms with Gasteiger partial charge in [-0.05, 0) is 31.9 Å². The Morgan fingerprint density at radius 3 is 2.90 bits per heavy atom.